The van der Waals surface area contributed by atoms with Crippen LogP contribution in [-0.2, 0) is 6.54 Å². The van der Waals surface area contributed by atoms with Crippen molar-refractivity contribution in [2.75, 3.05) is 0 Å². The van der Waals surface area contributed by atoms with Crippen LogP contribution < -0.4 is 0 Å². The van der Waals surface area contributed by atoms with E-state index in [2.05, 4.69) is 21.5 Å². The Kier molecular flexibility index (Phi) is 3.97. The number of pyridine rings is 1. The van der Waals surface area contributed by atoms with Crippen LogP contribution in [-0.4, -0.2) is 14.5 Å². The fraction of sp³-hybridized carbons (Fsp3) is 0.625. The molecule has 0 saturated heterocycles. The summed E-state index contributed by atoms with van der Waals surface area (Å²) in [5.41, 5.74) is 1.94. The van der Waals surface area contributed by atoms with E-state index in [0.717, 1.165) is 35.4 Å². The molecule has 1 aliphatic carbocycles. The number of nitrogens with zero attached hydrogens (tertiary/aromatic N) is 3. The zero-order valence-corrected chi connectivity index (χ0v) is 13.0. The van der Waals surface area contributed by atoms with Crippen LogP contribution in [0, 0.1) is 11.8 Å². The van der Waals surface area contributed by atoms with Gasteiger partial charge in [-0.25, -0.2) is 9.97 Å². The van der Waals surface area contributed by atoms with E-state index in [4.69, 9.17) is 11.6 Å². The molecule has 2 heterocycles. The first-order chi connectivity index (χ1) is 9.65. The summed E-state index contributed by atoms with van der Waals surface area (Å²) in [4.78, 5) is 9.18. The first-order valence-electron chi connectivity index (χ1n) is 7.60. The number of fused-ring (bicyclic) bond motifs is 1. The molecule has 3 nitrogen and oxygen atoms in total. The highest BCUT2D eigenvalue weighted by atomic mass is 35.5. The van der Waals surface area contributed by atoms with Crippen molar-refractivity contribution in [2.24, 2.45) is 11.8 Å². The van der Waals surface area contributed by atoms with E-state index >= 15 is 0 Å². The highest BCUT2D eigenvalue weighted by Gasteiger charge is 2.23. The van der Waals surface area contributed by atoms with Gasteiger partial charge in [-0.3, -0.25) is 0 Å². The summed E-state index contributed by atoms with van der Waals surface area (Å²) in [5.74, 6) is 2.53. The molecule has 1 saturated carbocycles. The fourth-order valence-electron chi connectivity index (χ4n) is 3.44. The lowest BCUT2D eigenvalue weighted by Gasteiger charge is -2.27. The van der Waals surface area contributed by atoms with Crippen molar-refractivity contribution in [3.05, 3.63) is 24.2 Å². The summed E-state index contributed by atoms with van der Waals surface area (Å²) >= 11 is 6.32. The Morgan fingerprint density at radius 1 is 1.45 bits per heavy atom. The maximum absolute atomic E-state index is 6.32. The normalized spacial score (nSPS) is 24.9. The van der Waals surface area contributed by atoms with Crippen molar-refractivity contribution < 1.29 is 0 Å². The van der Waals surface area contributed by atoms with Gasteiger partial charge in [0, 0.05) is 12.7 Å². The summed E-state index contributed by atoms with van der Waals surface area (Å²) < 4.78 is 2.25. The molecule has 0 radical (unpaired) electrons. The zero-order valence-electron chi connectivity index (χ0n) is 12.2. The van der Waals surface area contributed by atoms with Crippen LogP contribution in [0.1, 0.15) is 50.7 Å². The maximum Gasteiger partial charge on any atom is 0.160 e. The Hall–Kier alpha value is -1.09. The molecular formula is C16H22ClN3. The maximum atomic E-state index is 6.32. The van der Waals surface area contributed by atoms with Crippen molar-refractivity contribution in [3.8, 4) is 0 Å². The van der Waals surface area contributed by atoms with Crippen LogP contribution in [0.3, 0.4) is 0 Å². The predicted molar refractivity (Wildman–Crippen MR) is 82.9 cm³/mol. The number of halogens is 1. The SMILES string of the molecule is CC1CCCC(Cn2c(C(C)Cl)nc3cccnc32)C1. The largest absolute Gasteiger partial charge is 0.311 e. The molecule has 0 aromatic carbocycles. The first kappa shape index (κ1) is 13.9. The first-order valence-corrected chi connectivity index (χ1v) is 8.04. The average Bonchev–Trinajstić information content (AvgIpc) is 2.78. The van der Waals surface area contributed by atoms with Gasteiger partial charge in [0.2, 0.25) is 0 Å². The van der Waals surface area contributed by atoms with Gasteiger partial charge < -0.3 is 4.57 Å². The van der Waals surface area contributed by atoms with Gasteiger partial charge in [-0.05, 0) is 43.7 Å². The summed E-state index contributed by atoms with van der Waals surface area (Å²) in [5, 5.41) is -0.0785. The smallest absolute Gasteiger partial charge is 0.160 e. The summed E-state index contributed by atoms with van der Waals surface area (Å²) in [6, 6.07) is 3.95. The molecule has 20 heavy (non-hydrogen) atoms. The van der Waals surface area contributed by atoms with Crippen LogP contribution in [0.5, 0.6) is 0 Å². The third-order valence-electron chi connectivity index (χ3n) is 4.37. The van der Waals surface area contributed by atoms with Crippen molar-refractivity contribution in [1.82, 2.24) is 14.5 Å². The van der Waals surface area contributed by atoms with Gasteiger partial charge in [0.25, 0.3) is 0 Å². The molecule has 4 heteroatoms. The minimum Gasteiger partial charge on any atom is -0.311 e. The molecular weight excluding hydrogens is 270 g/mol. The van der Waals surface area contributed by atoms with Gasteiger partial charge in [-0.2, -0.15) is 0 Å². The van der Waals surface area contributed by atoms with Gasteiger partial charge in [0.1, 0.15) is 11.3 Å². The van der Waals surface area contributed by atoms with E-state index in [1.54, 1.807) is 0 Å². The lowest BCUT2D eigenvalue weighted by atomic mass is 9.82. The van der Waals surface area contributed by atoms with Crippen LogP contribution in [0.4, 0.5) is 0 Å². The van der Waals surface area contributed by atoms with Gasteiger partial charge >= 0.3 is 0 Å². The quantitative estimate of drug-likeness (QED) is 0.776. The third-order valence-corrected chi connectivity index (χ3v) is 4.57. The predicted octanol–water partition coefficient (Wildman–Crippen LogP) is 4.56. The number of aromatic nitrogens is 3. The molecule has 0 amide bonds. The molecule has 3 rings (SSSR count). The number of rotatable bonds is 3. The Balaban J connectivity index is 1.94. The molecule has 1 aliphatic rings. The lowest BCUT2D eigenvalue weighted by molar-refractivity contribution is 0.256. The minimum absolute atomic E-state index is 0.0785. The molecule has 0 spiro atoms. The van der Waals surface area contributed by atoms with Crippen molar-refractivity contribution in [3.63, 3.8) is 0 Å². The number of hydrogen-bond donors (Lipinski definition) is 0. The second kappa shape index (κ2) is 5.72. The molecule has 3 atom stereocenters. The molecule has 0 N–H and O–H groups in total. The molecule has 3 unspecified atom stereocenters. The van der Waals surface area contributed by atoms with Gasteiger partial charge in [0.05, 0.1) is 5.38 Å². The second-order valence-corrected chi connectivity index (χ2v) is 6.84. The fourth-order valence-corrected chi connectivity index (χ4v) is 3.61. The Morgan fingerprint density at radius 2 is 2.30 bits per heavy atom. The average molecular weight is 292 g/mol. The molecule has 1 fully saturated rings. The molecule has 2 aromatic heterocycles. The Labute approximate surface area is 125 Å². The number of alkyl halides is 1. The Morgan fingerprint density at radius 3 is 3.05 bits per heavy atom. The second-order valence-electron chi connectivity index (χ2n) is 6.18. The zero-order chi connectivity index (χ0) is 14.1. The van der Waals surface area contributed by atoms with Crippen LogP contribution in [0.25, 0.3) is 11.2 Å². The van der Waals surface area contributed by atoms with Crippen molar-refractivity contribution in [1.29, 1.82) is 0 Å². The van der Waals surface area contributed by atoms with Crippen molar-refractivity contribution in [2.45, 2.75) is 51.5 Å². The molecule has 2 aromatic rings. The van der Waals surface area contributed by atoms with Gasteiger partial charge in [0.15, 0.2) is 5.65 Å². The third kappa shape index (κ3) is 2.69. The minimum atomic E-state index is -0.0785. The van der Waals surface area contributed by atoms with E-state index in [1.165, 1.54) is 25.7 Å². The summed E-state index contributed by atoms with van der Waals surface area (Å²) in [7, 11) is 0. The highest BCUT2D eigenvalue weighted by Crippen LogP contribution is 2.32. The standard InChI is InChI=1S/C16H22ClN3/c1-11-5-3-6-13(9-11)10-20-15(12(2)17)19-14-7-4-8-18-16(14)20/h4,7-8,11-13H,3,5-6,9-10H2,1-2H3. The molecule has 0 aliphatic heterocycles. The molecule has 108 valence electrons. The Bertz CT molecular complexity index is 590. The van der Waals surface area contributed by atoms with Crippen LogP contribution in [0.15, 0.2) is 18.3 Å². The van der Waals surface area contributed by atoms with Gasteiger partial charge in [-0.1, -0.05) is 19.8 Å². The lowest BCUT2D eigenvalue weighted by Crippen LogP contribution is -2.20. The monoisotopic (exact) mass is 291 g/mol. The van der Waals surface area contributed by atoms with Crippen molar-refractivity contribution >= 4 is 22.8 Å². The van der Waals surface area contributed by atoms with E-state index in [-0.39, 0.29) is 5.38 Å². The number of hydrogen-bond acceptors (Lipinski definition) is 2. The van der Waals surface area contributed by atoms with E-state index < -0.39 is 0 Å². The summed E-state index contributed by atoms with van der Waals surface area (Å²) in [6.07, 6.45) is 7.18. The van der Waals surface area contributed by atoms with Gasteiger partial charge in [-0.15, -0.1) is 11.6 Å². The topological polar surface area (TPSA) is 30.7 Å². The van der Waals surface area contributed by atoms with E-state index in [0.29, 0.717) is 0 Å². The van der Waals surface area contributed by atoms with Crippen LogP contribution in [0.2, 0.25) is 0 Å². The number of imidazole rings is 1. The highest BCUT2D eigenvalue weighted by molar-refractivity contribution is 6.20. The van der Waals surface area contributed by atoms with E-state index in [9.17, 15) is 0 Å². The van der Waals surface area contributed by atoms with Crippen LogP contribution >= 0.6 is 11.6 Å². The molecule has 0 bridgehead atoms. The van der Waals surface area contributed by atoms with E-state index in [1.807, 2.05) is 25.3 Å². The summed E-state index contributed by atoms with van der Waals surface area (Å²) in [6.45, 7) is 5.36.